The second-order valence-electron chi connectivity index (χ2n) is 4.58. The van der Waals surface area contributed by atoms with Crippen molar-refractivity contribution in [3.05, 3.63) is 60.7 Å². The molecule has 0 N–H and O–H groups in total. The van der Waals surface area contributed by atoms with Gasteiger partial charge in [0.05, 0.1) is 6.10 Å². The predicted molar refractivity (Wildman–Crippen MR) is 82.6 cm³/mol. The van der Waals surface area contributed by atoms with Crippen LogP contribution in [0.1, 0.15) is 20.3 Å². The largest absolute Gasteiger partial charge is 0.587 e. The standard InChI is InChI=1S/C16H19O4P/c1-3-14(2)18-21(17,19-15-10-6-4-7-11-15)20-16-12-8-5-9-13-16/h4-14H,3H2,1-2H3. The molecule has 1 unspecified atom stereocenters. The molecule has 0 spiro atoms. The number of rotatable bonds is 7. The Bertz CT molecular complexity index is 540. The minimum absolute atomic E-state index is 0.233. The third-order valence-corrected chi connectivity index (χ3v) is 4.29. The summed E-state index contributed by atoms with van der Waals surface area (Å²) in [5.41, 5.74) is 0. The van der Waals surface area contributed by atoms with Crippen molar-refractivity contribution < 1.29 is 18.1 Å². The first-order chi connectivity index (χ1) is 10.1. The lowest BCUT2D eigenvalue weighted by atomic mass is 10.3. The zero-order valence-electron chi connectivity index (χ0n) is 12.1. The van der Waals surface area contributed by atoms with E-state index in [0.29, 0.717) is 17.9 Å². The van der Waals surface area contributed by atoms with Gasteiger partial charge < -0.3 is 9.05 Å². The van der Waals surface area contributed by atoms with Crippen LogP contribution >= 0.6 is 7.82 Å². The Morgan fingerprint density at radius 1 is 0.905 bits per heavy atom. The van der Waals surface area contributed by atoms with Gasteiger partial charge in [-0.25, -0.2) is 4.57 Å². The molecule has 1 atom stereocenters. The van der Waals surface area contributed by atoms with E-state index in [-0.39, 0.29) is 6.10 Å². The maximum atomic E-state index is 12.9. The summed E-state index contributed by atoms with van der Waals surface area (Å²) in [4.78, 5) is 0. The van der Waals surface area contributed by atoms with Crippen molar-refractivity contribution in [1.29, 1.82) is 0 Å². The van der Waals surface area contributed by atoms with Crippen molar-refractivity contribution in [3.63, 3.8) is 0 Å². The van der Waals surface area contributed by atoms with Gasteiger partial charge in [0.25, 0.3) is 0 Å². The molecule has 2 aromatic rings. The third-order valence-electron chi connectivity index (χ3n) is 2.80. The quantitative estimate of drug-likeness (QED) is 0.670. The summed E-state index contributed by atoms with van der Waals surface area (Å²) in [7, 11) is -3.74. The molecule has 2 aromatic carbocycles. The third kappa shape index (κ3) is 4.92. The number of benzene rings is 2. The Hall–Kier alpha value is -1.77. The van der Waals surface area contributed by atoms with Gasteiger partial charge in [-0.05, 0) is 37.6 Å². The van der Waals surface area contributed by atoms with Crippen LogP contribution in [0.15, 0.2) is 60.7 Å². The molecule has 4 nitrogen and oxygen atoms in total. The number of phosphoric acid groups is 1. The molecule has 0 saturated heterocycles. The van der Waals surface area contributed by atoms with Crippen molar-refractivity contribution in [2.75, 3.05) is 0 Å². The van der Waals surface area contributed by atoms with Gasteiger partial charge in [0.1, 0.15) is 11.5 Å². The number of hydrogen-bond acceptors (Lipinski definition) is 4. The van der Waals surface area contributed by atoms with Gasteiger partial charge >= 0.3 is 7.82 Å². The van der Waals surface area contributed by atoms with Gasteiger partial charge in [0, 0.05) is 0 Å². The maximum absolute atomic E-state index is 12.9. The van der Waals surface area contributed by atoms with Gasteiger partial charge in [0.15, 0.2) is 0 Å². The molecule has 21 heavy (non-hydrogen) atoms. The lowest BCUT2D eigenvalue weighted by Crippen LogP contribution is -2.12. The van der Waals surface area contributed by atoms with Crippen LogP contribution in [0.4, 0.5) is 0 Å². The Balaban J connectivity index is 2.19. The van der Waals surface area contributed by atoms with E-state index >= 15 is 0 Å². The second kappa shape index (κ2) is 7.30. The zero-order chi connectivity index (χ0) is 15.1. The summed E-state index contributed by atoms with van der Waals surface area (Å²) in [6.45, 7) is 3.77. The van der Waals surface area contributed by atoms with Crippen molar-refractivity contribution >= 4 is 7.82 Å². The lowest BCUT2D eigenvalue weighted by Gasteiger charge is -2.21. The molecule has 0 heterocycles. The maximum Gasteiger partial charge on any atom is 0.587 e. The van der Waals surface area contributed by atoms with E-state index in [1.165, 1.54) is 0 Å². The Kier molecular flexibility index (Phi) is 5.43. The molecule has 5 heteroatoms. The van der Waals surface area contributed by atoms with E-state index in [0.717, 1.165) is 0 Å². The fraction of sp³-hybridized carbons (Fsp3) is 0.250. The smallest absolute Gasteiger partial charge is 0.395 e. The van der Waals surface area contributed by atoms with E-state index in [1.54, 1.807) is 48.5 Å². The van der Waals surface area contributed by atoms with Crippen molar-refractivity contribution in [2.45, 2.75) is 26.4 Å². The fourth-order valence-electron chi connectivity index (χ4n) is 1.58. The van der Waals surface area contributed by atoms with Crippen LogP contribution in [0.3, 0.4) is 0 Å². The zero-order valence-corrected chi connectivity index (χ0v) is 13.0. The summed E-state index contributed by atoms with van der Waals surface area (Å²) in [5.74, 6) is 0.889. The van der Waals surface area contributed by atoms with E-state index < -0.39 is 7.82 Å². The van der Waals surface area contributed by atoms with Gasteiger partial charge in [-0.15, -0.1) is 0 Å². The van der Waals surface area contributed by atoms with E-state index in [4.69, 9.17) is 13.6 Å². The lowest BCUT2D eigenvalue weighted by molar-refractivity contribution is 0.152. The first-order valence-electron chi connectivity index (χ1n) is 6.89. The Morgan fingerprint density at radius 3 is 1.71 bits per heavy atom. The summed E-state index contributed by atoms with van der Waals surface area (Å²) >= 11 is 0. The van der Waals surface area contributed by atoms with Crippen LogP contribution in [-0.2, 0) is 9.09 Å². The van der Waals surface area contributed by atoms with Gasteiger partial charge in [-0.3, -0.25) is 4.52 Å². The van der Waals surface area contributed by atoms with Crippen molar-refractivity contribution in [2.24, 2.45) is 0 Å². The van der Waals surface area contributed by atoms with Crippen LogP contribution in [0.5, 0.6) is 11.5 Å². The molecule has 0 aromatic heterocycles. The molecule has 112 valence electrons. The van der Waals surface area contributed by atoms with E-state index in [9.17, 15) is 4.57 Å². The SMILES string of the molecule is CCC(C)OP(=O)(Oc1ccccc1)Oc1ccccc1. The molecule has 0 radical (unpaired) electrons. The highest BCUT2D eigenvalue weighted by atomic mass is 31.2. The van der Waals surface area contributed by atoms with Crippen molar-refractivity contribution in [1.82, 2.24) is 0 Å². The van der Waals surface area contributed by atoms with Crippen LogP contribution in [0.2, 0.25) is 0 Å². The van der Waals surface area contributed by atoms with Crippen LogP contribution in [-0.4, -0.2) is 6.10 Å². The van der Waals surface area contributed by atoms with Crippen LogP contribution in [0.25, 0.3) is 0 Å². The molecule has 2 rings (SSSR count). The minimum atomic E-state index is -3.74. The molecule has 0 aliphatic carbocycles. The fourth-order valence-corrected chi connectivity index (χ4v) is 3.05. The van der Waals surface area contributed by atoms with E-state index in [1.807, 2.05) is 26.0 Å². The molecule has 0 saturated carbocycles. The molecular weight excluding hydrogens is 287 g/mol. The minimum Gasteiger partial charge on any atom is -0.395 e. The number of para-hydroxylation sites is 2. The van der Waals surface area contributed by atoms with Gasteiger partial charge in [-0.2, -0.15) is 0 Å². The van der Waals surface area contributed by atoms with Crippen molar-refractivity contribution in [3.8, 4) is 11.5 Å². The topological polar surface area (TPSA) is 44.8 Å². The molecule has 0 aliphatic heterocycles. The van der Waals surface area contributed by atoms with Gasteiger partial charge in [0.2, 0.25) is 0 Å². The number of hydrogen-bond donors (Lipinski definition) is 0. The average molecular weight is 306 g/mol. The first-order valence-corrected chi connectivity index (χ1v) is 8.35. The molecule has 0 amide bonds. The normalized spacial score (nSPS) is 12.7. The molecule has 0 fully saturated rings. The van der Waals surface area contributed by atoms with Crippen LogP contribution in [0, 0.1) is 0 Å². The number of phosphoric ester groups is 1. The Labute approximate surface area is 125 Å². The highest BCUT2D eigenvalue weighted by molar-refractivity contribution is 7.49. The summed E-state index contributed by atoms with van der Waals surface area (Å²) in [5, 5.41) is 0. The summed E-state index contributed by atoms with van der Waals surface area (Å²) < 4.78 is 29.3. The second-order valence-corrected chi connectivity index (χ2v) is 6.05. The summed E-state index contributed by atoms with van der Waals surface area (Å²) in [6, 6.07) is 17.7. The van der Waals surface area contributed by atoms with Crippen LogP contribution < -0.4 is 9.05 Å². The highest BCUT2D eigenvalue weighted by Crippen LogP contribution is 2.50. The molecule has 0 bridgehead atoms. The first kappa shape index (κ1) is 15.6. The van der Waals surface area contributed by atoms with Gasteiger partial charge in [-0.1, -0.05) is 43.3 Å². The monoisotopic (exact) mass is 306 g/mol. The molecular formula is C16H19O4P. The predicted octanol–water partition coefficient (Wildman–Crippen LogP) is 5.07. The van der Waals surface area contributed by atoms with E-state index in [2.05, 4.69) is 0 Å². The molecule has 0 aliphatic rings. The average Bonchev–Trinajstić information content (AvgIpc) is 2.48. The summed E-state index contributed by atoms with van der Waals surface area (Å²) in [6.07, 6.45) is 0.476. The highest BCUT2D eigenvalue weighted by Gasteiger charge is 2.32. The Morgan fingerprint density at radius 2 is 1.33 bits per heavy atom.